The number of ether oxygens (including phenoxy) is 1. The van der Waals surface area contributed by atoms with E-state index in [1.807, 2.05) is 19.2 Å². The minimum Gasteiger partial charge on any atom is -0.383 e. The van der Waals surface area contributed by atoms with Gasteiger partial charge in [0.1, 0.15) is 0 Å². The SMILES string of the molecule is COC[C@H](C)N(C)C(=O)NCc1csc(C)n1. The van der Waals surface area contributed by atoms with Gasteiger partial charge in [-0.15, -0.1) is 11.3 Å². The van der Waals surface area contributed by atoms with Gasteiger partial charge in [-0.1, -0.05) is 0 Å². The molecule has 6 heteroatoms. The van der Waals surface area contributed by atoms with Crippen molar-refractivity contribution in [2.24, 2.45) is 0 Å². The maximum atomic E-state index is 11.8. The van der Waals surface area contributed by atoms with Gasteiger partial charge in [0.15, 0.2) is 0 Å². The van der Waals surface area contributed by atoms with Gasteiger partial charge in [0.25, 0.3) is 0 Å². The number of aromatic nitrogens is 1. The number of nitrogens with one attached hydrogen (secondary N) is 1. The highest BCUT2D eigenvalue weighted by molar-refractivity contribution is 7.09. The molecule has 0 aromatic carbocycles. The van der Waals surface area contributed by atoms with Crippen LogP contribution in [-0.2, 0) is 11.3 Å². The van der Waals surface area contributed by atoms with Gasteiger partial charge in [0.2, 0.25) is 0 Å². The summed E-state index contributed by atoms with van der Waals surface area (Å²) in [4.78, 5) is 17.7. The van der Waals surface area contributed by atoms with Gasteiger partial charge in [-0.25, -0.2) is 9.78 Å². The molecule has 0 aliphatic heterocycles. The Balaban J connectivity index is 2.38. The standard InChI is InChI=1S/C11H19N3O2S/c1-8(6-16-4)14(3)11(15)12-5-10-7-17-9(2)13-10/h7-8H,5-6H2,1-4H3,(H,12,15)/t8-/m0/s1. The monoisotopic (exact) mass is 257 g/mol. The number of likely N-dealkylation sites (N-methyl/N-ethyl adjacent to an activating group) is 1. The number of hydrogen-bond acceptors (Lipinski definition) is 4. The Labute approximate surface area is 106 Å². The average molecular weight is 257 g/mol. The molecule has 0 saturated carbocycles. The van der Waals surface area contributed by atoms with Crippen LogP contribution < -0.4 is 5.32 Å². The van der Waals surface area contributed by atoms with Crippen molar-refractivity contribution in [3.63, 3.8) is 0 Å². The molecule has 1 heterocycles. The van der Waals surface area contributed by atoms with Crippen molar-refractivity contribution >= 4 is 17.4 Å². The molecule has 96 valence electrons. The molecule has 5 nitrogen and oxygen atoms in total. The zero-order valence-corrected chi connectivity index (χ0v) is 11.5. The van der Waals surface area contributed by atoms with Crippen molar-refractivity contribution in [1.82, 2.24) is 15.2 Å². The van der Waals surface area contributed by atoms with Crippen LogP contribution >= 0.6 is 11.3 Å². The lowest BCUT2D eigenvalue weighted by Crippen LogP contribution is -2.43. The first kappa shape index (κ1) is 13.9. The van der Waals surface area contributed by atoms with E-state index in [9.17, 15) is 4.79 Å². The normalized spacial score (nSPS) is 12.2. The van der Waals surface area contributed by atoms with Crippen LogP contribution in [0.1, 0.15) is 17.6 Å². The molecule has 0 aliphatic carbocycles. The lowest BCUT2D eigenvalue weighted by Gasteiger charge is -2.24. The lowest BCUT2D eigenvalue weighted by molar-refractivity contribution is 0.123. The summed E-state index contributed by atoms with van der Waals surface area (Å²) in [5, 5.41) is 5.79. The summed E-state index contributed by atoms with van der Waals surface area (Å²) < 4.78 is 5.01. The van der Waals surface area contributed by atoms with E-state index in [0.29, 0.717) is 13.2 Å². The van der Waals surface area contributed by atoms with E-state index >= 15 is 0 Å². The van der Waals surface area contributed by atoms with Gasteiger partial charge in [0, 0.05) is 19.5 Å². The Morgan fingerprint density at radius 2 is 2.41 bits per heavy atom. The van der Waals surface area contributed by atoms with Gasteiger partial charge < -0.3 is 15.0 Å². The van der Waals surface area contributed by atoms with Crippen LogP contribution in [0.3, 0.4) is 0 Å². The van der Waals surface area contributed by atoms with Gasteiger partial charge >= 0.3 is 6.03 Å². The second-order valence-corrected chi connectivity index (χ2v) is 4.99. The number of carbonyl (C=O) groups excluding carboxylic acids is 1. The first-order valence-corrected chi connectivity index (χ1v) is 6.33. The van der Waals surface area contributed by atoms with Crippen LogP contribution in [-0.4, -0.2) is 42.7 Å². The first-order chi connectivity index (χ1) is 8.04. The number of amides is 2. The summed E-state index contributed by atoms with van der Waals surface area (Å²) in [6.45, 7) is 4.88. The minimum atomic E-state index is -0.111. The molecule has 17 heavy (non-hydrogen) atoms. The van der Waals surface area contributed by atoms with E-state index in [4.69, 9.17) is 4.74 Å². The highest BCUT2D eigenvalue weighted by Gasteiger charge is 2.15. The Morgan fingerprint density at radius 1 is 1.71 bits per heavy atom. The fourth-order valence-electron chi connectivity index (χ4n) is 1.33. The third-order valence-electron chi connectivity index (χ3n) is 2.48. The number of nitrogens with zero attached hydrogens (tertiary/aromatic N) is 2. The summed E-state index contributed by atoms with van der Waals surface area (Å²) in [6.07, 6.45) is 0. The van der Waals surface area contributed by atoms with Crippen LogP contribution in [0.4, 0.5) is 4.79 Å². The summed E-state index contributed by atoms with van der Waals surface area (Å²) in [5.74, 6) is 0. The number of carbonyl (C=O) groups is 1. The number of aryl methyl sites for hydroxylation is 1. The second-order valence-electron chi connectivity index (χ2n) is 3.93. The van der Waals surface area contributed by atoms with Crippen molar-refractivity contribution in [3.8, 4) is 0 Å². The topological polar surface area (TPSA) is 54.5 Å². The zero-order valence-electron chi connectivity index (χ0n) is 10.7. The van der Waals surface area contributed by atoms with E-state index in [-0.39, 0.29) is 12.1 Å². The molecule has 0 saturated heterocycles. The fourth-order valence-corrected chi connectivity index (χ4v) is 1.95. The summed E-state index contributed by atoms with van der Waals surface area (Å²) in [7, 11) is 3.38. The van der Waals surface area contributed by atoms with E-state index in [1.165, 1.54) is 0 Å². The molecule has 1 aromatic rings. The first-order valence-electron chi connectivity index (χ1n) is 5.45. The van der Waals surface area contributed by atoms with Crippen LogP contribution in [0, 0.1) is 6.92 Å². The summed E-state index contributed by atoms with van der Waals surface area (Å²) >= 11 is 1.58. The number of methoxy groups -OCH3 is 1. The highest BCUT2D eigenvalue weighted by atomic mass is 32.1. The molecule has 0 aliphatic rings. The van der Waals surface area contributed by atoms with Crippen LogP contribution in [0.15, 0.2) is 5.38 Å². The maximum Gasteiger partial charge on any atom is 0.317 e. The molecule has 1 N–H and O–H groups in total. The van der Waals surface area contributed by atoms with Gasteiger partial charge in [0.05, 0.1) is 29.9 Å². The Kier molecular flexibility index (Phi) is 5.37. The fraction of sp³-hybridized carbons (Fsp3) is 0.636. The molecular weight excluding hydrogens is 238 g/mol. The largest absolute Gasteiger partial charge is 0.383 e. The second kappa shape index (κ2) is 6.56. The zero-order chi connectivity index (χ0) is 12.8. The van der Waals surface area contributed by atoms with E-state index in [2.05, 4.69) is 10.3 Å². The number of urea groups is 1. The average Bonchev–Trinajstić information content (AvgIpc) is 2.71. The predicted molar refractivity (Wildman–Crippen MR) is 68.2 cm³/mol. The van der Waals surface area contributed by atoms with Crippen molar-refractivity contribution in [3.05, 3.63) is 16.1 Å². The Bertz CT molecular complexity index is 367. The van der Waals surface area contributed by atoms with Crippen molar-refractivity contribution in [2.45, 2.75) is 26.4 Å². The number of rotatable bonds is 5. The molecule has 1 aromatic heterocycles. The van der Waals surface area contributed by atoms with E-state index in [0.717, 1.165) is 10.7 Å². The van der Waals surface area contributed by atoms with Crippen LogP contribution in [0.25, 0.3) is 0 Å². The third kappa shape index (κ3) is 4.32. The van der Waals surface area contributed by atoms with Gasteiger partial charge in [-0.05, 0) is 13.8 Å². The smallest absolute Gasteiger partial charge is 0.317 e. The van der Waals surface area contributed by atoms with Crippen molar-refractivity contribution < 1.29 is 9.53 Å². The van der Waals surface area contributed by atoms with Crippen LogP contribution in [0.2, 0.25) is 0 Å². The molecule has 1 atom stereocenters. The molecule has 0 fully saturated rings. The van der Waals surface area contributed by atoms with Gasteiger partial charge in [-0.3, -0.25) is 0 Å². The van der Waals surface area contributed by atoms with E-state index < -0.39 is 0 Å². The lowest BCUT2D eigenvalue weighted by atomic mass is 10.3. The third-order valence-corrected chi connectivity index (χ3v) is 3.30. The molecule has 0 spiro atoms. The minimum absolute atomic E-state index is 0.0529. The number of thiazole rings is 1. The van der Waals surface area contributed by atoms with Gasteiger partial charge in [-0.2, -0.15) is 0 Å². The Morgan fingerprint density at radius 3 is 2.94 bits per heavy atom. The van der Waals surface area contributed by atoms with E-state index in [1.54, 1.807) is 30.4 Å². The molecule has 2 amide bonds. The molecule has 0 radical (unpaired) electrons. The van der Waals surface area contributed by atoms with Crippen LogP contribution in [0.5, 0.6) is 0 Å². The Hall–Kier alpha value is -1.14. The molecule has 1 rings (SSSR count). The summed E-state index contributed by atoms with van der Waals surface area (Å²) in [5.41, 5.74) is 0.897. The summed E-state index contributed by atoms with van der Waals surface area (Å²) in [6, 6.07) is -0.0580. The predicted octanol–water partition coefficient (Wildman–Crippen LogP) is 1.63. The van der Waals surface area contributed by atoms with Crippen molar-refractivity contribution in [2.75, 3.05) is 20.8 Å². The number of hydrogen-bond donors (Lipinski definition) is 1. The molecule has 0 bridgehead atoms. The quantitative estimate of drug-likeness (QED) is 0.872. The van der Waals surface area contributed by atoms with Crippen molar-refractivity contribution in [1.29, 1.82) is 0 Å². The molecule has 0 unspecified atom stereocenters. The molecular formula is C11H19N3O2S. The maximum absolute atomic E-state index is 11.8. The highest BCUT2D eigenvalue weighted by Crippen LogP contribution is 2.07.